The Balaban J connectivity index is 0.000000521. The van der Waals surface area contributed by atoms with E-state index < -0.39 is 23.9 Å². The molecule has 0 unspecified atom stereocenters. The van der Waals surface area contributed by atoms with Crippen LogP contribution in [0.4, 0.5) is 0 Å². The molecule has 12 heteroatoms. The maximum absolute atomic E-state index is 9.55. The van der Waals surface area contributed by atoms with Gasteiger partial charge in [0.25, 0.3) is 0 Å². The van der Waals surface area contributed by atoms with E-state index in [-0.39, 0.29) is 0 Å². The standard InChI is InChI=1S/C25H39N3O.2C4H4O4/c1-2-3-5-13-24-14-8-9-15-25(24)26-29-21-10-16-27-17-19-28(20-18-27)22-23-11-6-4-7-12-23;2*5-3(6)1-2-4(7)8/h4,6-7,11-13H,2-3,5,8-10,14-22H2,1H3;2*1-2H,(H,5,6)(H,7,8)/b24-13-,26-25+;2*2-1+. The topological polar surface area (TPSA) is 177 Å². The average Bonchev–Trinajstić information content (AvgIpc) is 3.01. The highest BCUT2D eigenvalue weighted by Gasteiger charge is 2.17. The second-order valence-electron chi connectivity index (χ2n) is 10.4. The summed E-state index contributed by atoms with van der Waals surface area (Å²) < 4.78 is 0. The number of carboxylic acid groups (broad SMARTS) is 4. The molecule has 1 aliphatic carbocycles. The number of hydrogen-bond donors (Lipinski definition) is 4. The normalized spacial score (nSPS) is 17.4. The molecule has 12 nitrogen and oxygen atoms in total. The molecule has 1 aliphatic heterocycles. The van der Waals surface area contributed by atoms with Crippen LogP contribution in [0.3, 0.4) is 0 Å². The fraction of sp³-hybridized carbons (Fsp3) is 0.485. The zero-order valence-corrected chi connectivity index (χ0v) is 26.1. The highest BCUT2D eigenvalue weighted by atomic mass is 16.6. The van der Waals surface area contributed by atoms with Crippen LogP contribution in [-0.2, 0) is 30.6 Å². The lowest BCUT2D eigenvalue weighted by atomic mass is 9.92. The van der Waals surface area contributed by atoms with Crippen molar-refractivity contribution in [3.05, 3.63) is 71.8 Å². The van der Waals surface area contributed by atoms with Gasteiger partial charge in [-0.15, -0.1) is 0 Å². The second-order valence-corrected chi connectivity index (χ2v) is 10.4. The summed E-state index contributed by atoms with van der Waals surface area (Å²) in [6.07, 6.45) is 14.2. The SMILES string of the molecule is CCCC/C=C1/CCCC/C1=N\OCCCN1CCN(Cc2ccccc2)CC1.O=C(O)/C=C/C(=O)O.O=C(O)/C=C/C(=O)O. The fourth-order valence-electron chi connectivity index (χ4n) is 4.49. The molecule has 2 aliphatic rings. The number of hydrogen-bond acceptors (Lipinski definition) is 8. The molecule has 0 bridgehead atoms. The zero-order chi connectivity index (χ0) is 33.3. The molecule has 2 fully saturated rings. The van der Waals surface area contributed by atoms with Crippen molar-refractivity contribution in [3.8, 4) is 0 Å². The predicted octanol–water partition coefficient (Wildman–Crippen LogP) is 4.68. The molecule has 45 heavy (non-hydrogen) atoms. The first-order chi connectivity index (χ1) is 21.6. The second kappa shape index (κ2) is 24.1. The number of nitrogens with zero attached hydrogens (tertiary/aromatic N) is 3. The van der Waals surface area contributed by atoms with Gasteiger partial charge in [-0.05, 0) is 49.7 Å². The van der Waals surface area contributed by atoms with Crippen LogP contribution in [0.5, 0.6) is 0 Å². The van der Waals surface area contributed by atoms with Gasteiger partial charge in [0.1, 0.15) is 6.61 Å². The van der Waals surface area contributed by atoms with Crippen LogP contribution in [0.2, 0.25) is 0 Å². The van der Waals surface area contributed by atoms with E-state index in [1.165, 1.54) is 55.4 Å². The first-order valence-corrected chi connectivity index (χ1v) is 15.2. The van der Waals surface area contributed by atoms with Crippen LogP contribution in [0.25, 0.3) is 0 Å². The van der Waals surface area contributed by atoms with Gasteiger partial charge < -0.3 is 30.2 Å². The fourth-order valence-corrected chi connectivity index (χ4v) is 4.49. The quantitative estimate of drug-likeness (QED) is 0.128. The summed E-state index contributed by atoms with van der Waals surface area (Å²) in [6, 6.07) is 10.8. The summed E-state index contributed by atoms with van der Waals surface area (Å²) in [5.41, 5.74) is 4.07. The molecule has 1 saturated heterocycles. The highest BCUT2D eigenvalue weighted by molar-refractivity contribution is 6.00. The van der Waals surface area contributed by atoms with E-state index in [0.717, 1.165) is 58.7 Å². The zero-order valence-electron chi connectivity index (χ0n) is 26.1. The van der Waals surface area contributed by atoms with Gasteiger partial charge in [0.05, 0.1) is 5.71 Å². The third-order valence-electron chi connectivity index (χ3n) is 6.76. The largest absolute Gasteiger partial charge is 0.478 e. The van der Waals surface area contributed by atoms with Gasteiger partial charge in [-0.1, -0.05) is 61.3 Å². The Kier molecular flexibility index (Phi) is 20.7. The van der Waals surface area contributed by atoms with Crippen LogP contribution in [0.1, 0.15) is 63.9 Å². The minimum Gasteiger partial charge on any atom is -0.478 e. The Morgan fingerprint density at radius 1 is 0.778 bits per heavy atom. The average molecular weight is 630 g/mol. The van der Waals surface area contributed by atoms with Crippen molar-refractivity contribution in [1.29, 1.82) is 0 Å². The molecule has 1 heterocycles. The first-order valence-electron chi connectivity index (χ1n) is 15.2. The summed E-state index contributed by atoms with van der Waals surface area (Å²) in [6.45, 7) is 9.80. The lowest BCUT2D eigenvalue weighted by molar-refractivity contribution is -0.134. The van der Waals surface area contributed by atoms with E-state index in [0.29, 0.717) is 24.3 Å². The number of aliphatic carboxylic acids is 4. The van der Waals surface area contributed by atoms with Crippen LogP contribution < -0.4 is 0 Å². The minimum atomic E-state index is -1.26. The van der Waals surface area contributed by atoms with Gasteiger partial charge in [-0.2, -0.15) is 0 Å². The smallest absolute Gasteiger partial charge is 0.328 e. The Hall–Kier alpha value is -4.29. The van der Waals surface area contributed by atoms with Crippen molar-refractivity contribution in [2.45, 2.75) is 64.8 Å². The monoisotopic (exact) mass is 629 g/mol. The maximum atomic E-state index is 9.55. The molecule has 0 amide bonds. The minimum absolute atomic E-state index is 0.558. The molecule has 0 radical (unpaired) electrons. The molecule has 1 aromatic rings. The van der Waals surface area contributed by atoms with E-state index in [1.807, 2.05) is 0 Å². The van der Waals surface area contributed by atoms with E-state index in [4.69, 9.17) is 25.3 Å². The van der Waals surface area contributed by atoms with E-state index in [2.05, 4.69) is 58.3 Å². The summed E-state index contributed by atoms with van der Waals surface area (Å²) in [5, 5.41) is 35.8. The molecule has 1 saturated carbocycles. The van der Waals surface area contributed by atoms with Crippen LogP contribution >= 0.6 is 0 Å². The van der Waals surface area contributed by atoms with Gasteiger partial charge in [-0.3, -0.25) is 4.90 Å². The van der Waals surface area contributed by atoms with Crippen molar-refractivity contribution < 1.29 is 44.4 Å². The van der Waals surface area contributed by atoms with Gasteiger partial charge in [0.15, 0.2) is 0 Å². The van der Waals surface area contributed by atoms with E-state index in [1.54, 1.807) is 0 Å². The molecule has 0 aromatic heterocycles. The number of rotatable bonds is 14. The van der Waals surface area contributed by atoms with Crippen molar-refractivity contribution in [3.63, 3.8) is 0 Å². The third-order valence-corrected chi connectivity index (χ3v) is 6.76. The Morgan fingerprint density at radius 3 is 1.84 bits per heavy atom. The number of carboxylic acids is 4. The summed E-state index contributed by atoms with van der Waals surface area (Å²) in [7, 11) is 0. The van der Waals surface area contributed by atoms with Crippen molar-refractivity contribution in [1.82, 2.24) is 9.80 Å². The lowest BCUT2D eigenvalue weighted by Crippen LogP contribution is -2.46. The predicted molar refractivity (Wildman–Crippen MR) is 171 cm³/mol. The third kappa shape index (κ3) is 21.1. The molecule has 4 N–H and O–H groups in total. The summed E-state index contributed by atoms with van der Waals surface area (Å²) in [4.78, 5) is 49.0. The van der Waals surface area contributed by atoms with E-state index in [9.17, 15) is 19.2 Å². The Bertz CT molecular complexity index is 1090. The summed E-state index contributed by atoms with van der Waals surface area (Å²) >= 11 is 0. The molecule has 3 rings (SSSR count). The number of piperazine rings is 1. The Labute approximate surface area is 265 Å². The molecular formula is C33H47N3O9. The number of carbonyl (C=O) groups is 4. The molecular weight excluding hydrogens is 582 g/mol. The summed E-state index contributed by atoms with van der Waals surface area (Å²) in [5.74, 6) is -5.03. The van der Waals surface area contributed by atoms with Gasteiger partial charge in [0.2, 0.25) is 0 Å². The number of allylic oxidation sites excluding steroid dienone is 2. The van der Waals surface area contributed by atoms with Gasteiger partial charge >= 0.3 is 23.9 Å². The first kappa shape index (κ1) is 38.7. The van der Waals surface area contributed by atoms with Gasteiger partial charge in [-0.25, -0.2) is 19.2 Å². The van der Waals surface area contributed by atoms with Crippen molar-refractivity contribution in [2.75, 3.05) is 39.3 Å². The van der Waals surface area contributed by atoms with E-state index >= 15 is 0 Å². The maximum Gasteiger partial charge on any atom is 0.328 e. The molecule has 0 spiro atoms. The highest BCUT2D eigenvalue weighted by Crippen LogP contribution is 2.22. The number of oxime groups is 1. The van der Waals surface area contributed by atoms with Crippen molar-refractivity contribution in [2.24, 2.45) is 5.16 Å². The van der Waals surface area contributed by atoms with Crippen LogP contribution in [0, 0.1) is 0 Å². The number of benzene rings is 1. The lowest BCUT2D eigenvalue weighted by Gasteiger charge is -2.34. The van der Waals surface area contributed by atoms with Crippen LogP contribution in [-0.4, -0.2) is 99.1 Å². The Morgan fingerprint density at radius 2 is 1.31 bits per heavy atom. The van der Waals surface area contributed by atoms with Crippen molar-refractivity contribution >= 4 is 29.6 Å². The number of unbranched alkanes of at least 4 members (excludes halogenated alkanes) is 2. The molecule has 248 valence electrons. The molecule has 1 aromatic carbocycles. The molecule has 0 atom stereocenters. The van der Waals surface area contributed by atoms with Gasteiger partial charge in [0, 0.05) is 63.6 Å². The van der Waals surface area contributed by atoms with Crippen LogP contribution in [0.15, 0.2) is 71.4 Å².